The predicted octanol–water partition coefficient (Wildman–Crippen LogP) is 2.41. The number of hydrogen-bond acceptors (Lipinski definition) is 5. The lowest BCUT2D eigenvalue weighted by Gasteiger charge is -2.30. The van der Waals surface area contributed by atoms with Gasteiger partial charge in [0.05, 0.1) is 7.11 Å². The highest BCUT2D eigenvalue weighted by Gasteiger charge is 2.34. The number of hydrogen-bond donors (Lipinski definition) is 1. The van der Waals surface area contributed by atoms with Crippen molar-refractivity contribution in [2.45, 2.75) is 17.7 Å². The van der Waals surface area contributed by atoms with E-state index >= 15 is 0 Å². The second-order valence-corrected chi connectivity index (χ2v) is 8.20. The Kier molecular flexibility index (Phi) is 5.90. The summed E-state index contributed by atoms with van der Waals surface area (Å²) in [5.74, 6) is -1.88. The maximum atomic E-state index is 13.9. The van der Waals surface area contributed by atoms with Crippen molar-refractivity contribution >= 4 is 21.7 Å². The first-order valence-corrected chi connectivity index (χ1v) is 10.0. The van der Waals surface area contributed by atoms with Gasteiger partial charge in [0, 0.05) is 25.2 Å². The fourth-order valence-electron chi connectivity index (χ4n) is 3.04. The van der Waals surface area contributed by atoms with Crippen LogP contribution in [0.2, 0.25) is 0 Å². The second-order valence-electron chi connectivity index (χ2n) is 6.30. The number of nitrogens with one attached hydrogen (secondary N) is 1. The number of carbonyl (C=O) groups is 1. The van der Waals surface area contributed by atoms with Crippen LogP contribution in [0.4, 0.5) is 14.6 Å². The monoisotopic (exact) mass is 411 g/mol. The van der Waals surface area contributed by atoms with Gasteiger partial charge >= 0.3 is 0 Å². The Morgan fingerprint density at radius 2 is 1.96 bits per heavy atom. The molecule has 150 valence electrons. The third kappa shape index (κ3) is 4.12. The van der Waals surface area contributed by atoms with E-state index in [9.17, 15) is 22.0 Å². The molecule has 1 amide bonds. The quantitative estimate of drug-likeness (QED) is 0.816. The summed E-state index contributed by atoms with van der Waals surface area (Å²) in [7, 11) is -2.72. The molecule has 10 heteroatoms. The Labute approximate surface area is 161 Å². The van der Waals surface area contributed by atoms with Crippen LogP contribution < -0.4 is 10.1 Å². The van der Waals surface area contributed by atoms with Crippen molar-refractivity contribution in [3.05, 3.63) is 48.2 Å². The summed E-state index contributed by atoms with van der Waals surface area (Å²) in [5, 5.41) is 2.68. The van der Waals surface area contributed by atoms with E-state index in [2.05, 4.69) is 10.3 Å². The van der Waals surface area contributed by atoms with E-state index in [1.54, 1.807) is 12.1 Å². The molecule has 0 aliphatic carbocycles. The van der Waals surface area contributed by atoms with Gasteiger partial charge in [0.25, 0.3) is 0 Å². The molecule has 0 saturated carbocycles. The summed E-state index contributed by atoms with van der Waals surface area (Å²) in [4.78, 5) is 15.8. The molecule has 0 radical (unpaired) electrons. The van der Waals surface area contributed by atoms with E-state index in [1.165, 1.54) is 13.3 Å². The molecule has 2 heterocycles. The molecule has 1 aromatic carbocycles. The smallest absolute Gasteiger partial charge is 0.246 e. The average molecular weight is 411 g/mol. The van der Waals surface area contributed by atoms with Gasteiger partial charge < -0.3 is 10.1 Å². The maximum absolute atomic E-state index is 13.9. The fraction of sp³-hybridized carbons (Fsp3) is 0.333. The Hall–Kier alpha value is -2.59. The van der Waals surface area contributed by atoms with Crippen LogP contribution in [0.3, 0.4) is 0 Å². The summed E-state index contributed by atoms with van der Waals surface area (Å²) in [6, 6.07) is 5.63. The average Bonchev–Trinajstić information content (AvgIpc) is 2.70. The fourth-order valence-corrected chi connectivity index (χ4v) is 4.59. The van der Waals surface area contributed by atoms with Crippen LogP contribution in [-0.4, -0.2) is 43.8 Å². The number of sulfonamides is 1. The normalized spacial score (nSPS) is 16.0. The van der Waals surface area contributed by atoms with Gasteiger partial charge in [-0.1, -0.05) is 0 Å². The van der Waals surface area contributed by atoms with Gasteiger partial charge in [-0.15, -0.1) is 0 Å². The van der Waals surface area contributed by atoms with Crippen molar-refractivity contribution < 1.29 is 26.7 Å². The molecule has 1 fully saturated rings. The highest BCUT2D eigenvalue weighted by Crippen LogP contribution is 2.27. The lowest BCUT2D eigenvalue weighted by atomic mass is 9.97. The molecule has 1 saturated heterocycles. The van der Waals surface area contributed by atoms with Crippen molar-refractivity contribution in [2.24, 2.45) is 5.92 Å². The molecule has 0 unspecified atom stereocenters. The van der Waals surface area contributed by atoms with Gasteiger partial charge in [0.15, 0.2) is 11.6 Å². The van der Waals surface area contributed by atoms with E-state index in [1.807, 2.05) is 0 Å². The van der Waals surface area contributed by atoms with Crippen molar-refractivity contribution in [2.75, 3.05) is 25.5 Å². The Bertz CT molecular complexity index is 977. The van der Waals surface area contributed by atoms with E-state index in [4.69, 9.17) is 4.74 Å². The lowest BCUT2D eigenvalue weighted by Crippen LogP contribution is -2.41. The zero-order valence-electron chi connectivity index (χ0n) is 15.1. The zero-order chi connectivity index (χ0) is 20.3. The van der Waals surface area contributed by atoms with Crippen LogP contribution in [0, 0.1) is 17.6 Å². The van der Waals surface area contributed by atoms with Gasteiger partial charge in [-0.05, 0) is 43.2 Å². The number of anilines is 1. The topological polar surface area (TPSA) is 88.6 Å². The number of methoxy groups -OCH3 is 1. The number of amides is 1. The molecule has 1 aliphatic rings. The zero-order valence-corrected chi connectivity index (χ0v) is 15.9. The number of aromatic nitrogens is 1. The minimum atomic E-state index is -4.18. The van der Waals surface area contributed by atoms with E-state index < -0.39 is 32.5 Å². The molecular formula is C18H19F2N3O4S. The van der Waals surface area contributed by atoms with Crippen molar-refractivity contribution in [3.63, 3.8) is 0 Å². The summed E-state index contributed by atoms with van der Waals surface area (Å²) in [6.07, 6.45) is 2.01. The number of halogens is 2. The molecule has 0 atom stereocenters. The van der Waals surface area contributed by atoms with Crippen molar-refractivity contribution in [3.8, 4) is 5.75 Å². The van der Waals surface area contributed by atoms with Gasteiger partial charge in [-0.3, -0.25) is 4.79 Å². The summed E-state index contributed by atoms with van der Waals surface area (Å²) in [5.41, 5.74) is 0. The second kappa shape index (κ2) is 8.19. The molecule has 0 bridgehead atoms. The number of piperidine rings is 1. The van der Waals surface area contributed by atoms with E-state index in [0.29, 0.717) is 11.8 Å². The molecule has 1 aliphatic heterocycles. The number of rotatable bonds is 5. The van der Waals surface area contributed by atoms with Crippen LogP contribution in [0.1, 0.15) is 12.8 Å². The molecule has 2 aromatic rings. The van der Waals surface area contributed by atoms with Crippen LogP contribution in [0.15, 0.2) is 41.4 Å². The molecule has 1 N–H and O–H groups in total. The summed E-state index contributed by atoms with van der Waals surface area (Å²) >= 11 is 0. The first-order chi connectivity index (χ1) is 13.3. The Morgan fingerprint density at radius 1 is 1.25 bits per heavy atom. The standard InChI is InChI=1S/C18H19F2N3O4S/c1-27-15-3-2-8-21-17(15)22-18(24)12-6-9-23(10-7-12)28(25,26)16-11-13(19)4-5-14(16)20/h2-5,8,11-12H,6-7,9-10H2,1H3,(H,21,22,24). The molecular weight excluding hydrogens is 392 g/mol. The number of benzene rings is 1. The summed E-state index contributed by atoms with van der Waals surface area (Å²) < 4.78 is 58.7. The first kappa shape index (κ1) is 20.2. The van der Waals surface area contributed by atoms with Crippen molar-refractivity contribution in [1.82, 2.24) is 9.29 Å². The van der Waals surface area contributed by atoms with Gasteiger partial charge in [-0.25, -0.2) is 22.2 Å². The number of nitrogens with zero attached hydrogens (tertiary/aromatic N) is 2. The largest absolute Gasteiger partial charge is 0.493 e. The highest BCUT2D eigenvalue weighted by atomic mass is 32.2. The van der Waals surface area contributed by atoms with Crippen LogP contribution in [0.25, 0.3) is 0 Å². The highest BCUT2D eigenvalue weighted by molar-refractivity contribution is 7.89. The number of ether oxygens (including phenoxy) is 1. The van der Waals surface area contributed by atoms with Gasteiger partial charge in [0.1, 0.15) is 16.5 Å². The molecule has 0 spiro atoms. The third-order valence-corrected chi connectivity index (χ3v) is 6.48. The third-order valence-electron chi connectivity index (χ3n) is 4.57. The lowest BCUT2D eigenvalue weighted by molar-refractivity contribution is -0.120. The SMILES string of the molecule is COc1cccnc1NC(=O)C1CCN(S(=O)(=O)c2cc(F)ccc2F)CC1. The maximum Gasteiger partial charge on any atom is 0.246 e. The minimum Gasteiger partial charge on any atom is -0.493 e. The number of carbonyl (C=O) groups excluding carboxylic acids is 1. The van der Waals surface area contributed by atoms with Crippen LogP contribution >= 0.6 is 0 Å². The summed E-state index contributed by atoms with van der Waals surface area (Å²) in [6.45, 7) is 0.0471. The van der Waals surface area contributed by atoms with Gasteiger partial charge in [0.2, 0.25) is 15.9 Å². The van der Waals surface area contributed by atoms with Crippen LogP contribution in [0.5, 0.6) is 5.75 Å². The van der Waals surface area contributed by atoms with E-state index in [0.717, 1.165) is 16.4 Å². The van der Waals surface area contributed by atoms with Crippen LogP contribution in [-0.2, 0) is 14.8 Å². The van der Waals surface area contributed by atoms with E-state index in [-0.39, 0.29) is 37.7 Å². The first-order valence-electron chi connectivity index (χ1n) is 8.58. The Balaban J connectivity index is 1.67. The van der Waals surface area contributed by atoms with Gasteiger partial charge in [-0.2, -0.15) is 4.31 Å². The predicted molar refractivity (Wildman–Crippen MR) is 97.3 cm³/mol. The van der Waals surface area contributed by atoms with Crippen molar-refractivity contribution in [1.29, 1.82) is 0 Å². The molecule has 3 rings (SSSR count). The number of pyridine rings is 1. The molecule has 1 aromatic heterocycles. The molecule has 7 nitrogen and oxygen atoms in total. The molecule has 28 heavy (non-hydrogen) atoms. The Morgan fingerprint density at radius 3 is 2.64 bits per heavy atom. The minimum absolute atomic E-state index is 0.0235.